The first-order chi connectivity index (χ1) is 13.2. The Bertz CT molecular complexity index is 944. The smallest absolute Gasteiger partial charge is 0.248 e. The van der Waals surface area contributed by atoms with Crippen molar-refractivity contribution in [2.45, 2.75) is 6.04 Å². The van der Waals surface area contributed by atoms with Crippen LogP contribution in [-0.4, -0.2) is 64.4 Å². The molecule has 0 spiro atoms. The van der Waals surface area contributed by atoms with Crippen LogP contribution in [0.1, 0.15) is 5.56 Å². The molecule has 0 aliphatic carbocycles. The summed E-state index contributed by atoms with van der Waals surface area (Å²) >= 11 is 0. The van der Waals surface area contributed by atoms with Crippen molar-refractivity contribution in [3.8, 4) is 23.4 Å². The Morgan fingerprint density at radius 1 is 1.04 bits per heavy atom. The molecule has 134 valence electrons. The van der Waals surface area contributed by atoms with Crippen LogP contribution in [0.15, 0.2) is 36.7 Å². The van der Waals surface area contributed by atoms with Crippen LogP contribution in [0.5, 0.6) is 0 Å². The second-order valence-corrected chi connectivity index (χ2v) is 6.55. The summed E-state index contributed by atoms with van der Waals surface area (Å²) in [5.74, 6) is 0.300. The maximum absolute atomic E-state index is 12.9. The third kappa shape index (κ3) is 3.19. The van der Waals surface area contributed by atoms with E-state index >= 15 is 0 Å². The molecule has 0 N–H and O–H groups in total. The summed E-state index contributed by atoms with van der Waals surface area (Å²) in [4.78, 5) is 27.0. The Kier molecular flexibility index (Phi) is 4.41. The van der Waals surface area contributed by atoms with E-state index < -0.39 is 0 Å². The van der Waals surface area contributed by atoms with Crippen molar-refractivity contribution < 1.29 is 4.79 Å². The number of carbonyl (C=O) groups is 1. The Morgan fingerprint density at radius 3 is 2.56 bits per heavy atom. The van der Waals surface area contributed by atoms with E-state index in [1.165, 1.54) is 0 Å². The second kappa shape index (κ2) is 7.02. The molecule has 8 nitrogen and oxygen atoms in total. The lowest BCUT2D eigenvalue weighted by Crippen LogP contribution is -2.64. The van der Waals surface area contributed by atoms with Crippen LogP contribution in [0.2, 0.25) is 0 Å². The van der Waals surface area contributed by atoms with E-state index in [0.29, 0.717) is 37.7 Å². The molecule has 2 fully saturated rings. The predicted octanol–water partition coefficient (Wildman–Crippen LogP) is 0.829. The number of hydrogen-bond donors (Lipinski definition) is 0. The minimum absolute atomic E-state index is 0.0690. The molecular formula is C19H17N7O. The minimum Gasteiger partial charge on any atom is -0.307 e. The Labute approximate surface area is 156 Å². The molecule has 3 heterocycles. The van der Waals surface area contributed by atoms with Gasteiger partial charge in [0.1, 0.15) is 6.04 Å². The van der Waals surface area contributed by atoms with E-state index in [1.807, 2.05) is 12.1 Å². The summed E-state index contributed by atoms with van der Waals surface area (Å²) in [6.07, 6.45) is 5.46. The van der Waals surface area contributed by atoms with Crippen LogP contribution < -0.4 is 4.90 Å². The maximum Gasteiger partial charge on any atom is 0.248 e. The number of anilines is 1. The van der Waals surface area contributed by atoms with Gasteiger partial charge in [-0.15, -0.1) is 0 Å². The molecular weight excluding hydrogens is 342 g/mol. The second-order valence-electron chi connectivity index (χ2n) is 6.55. The van der Waals surface area contributed by atoms with E-state index in [2.05, 4.69) is 27.1 Å². The highest BCUT2D eigenvalue weighted by atomic mass is 16.2. The van der Waals surface area contributed by atoms with Crippen molar-refractivity contribution >= 4 is 11.9 Å². The van der Waals surface area contributed by atoms with Crippen LogP contribution in [0.4, 0.5) is 5.95 Å². The third-order valence-electron chi connectivity index (χ3n) is 5.00. The lowest BCUT2D eigenvalue weighted by molar-refractivity contribution is -0.128. The predicted molar refractivity (Wildman–Crippen MR) is 97.1 cm³/mol. The van der Waals surface area contributed by atoms with Gasteiger partial charge >= 0.3 is 0 Å². The number of fused-ring (bicyclic) bond motifs is 1. The fourth-order valence-electron chi connectivity index (χ4n) is 3.51. The molecule has 1 aromatic carbocycles. The van der Waals surface area contributed by atoms with Gasteiger partial charge in [-0.25, -0.2) is 9.97 Å². The molecule has 0 unspecified atom stereocenters. The number of nitriles is 2. The van der Waals surface area contributed by atoms with Crippen LogP contribution in [-0.2, 0) is 4.79 Å². The van der Waals surface area contributed by atoms with Gasteiger partial charge in [-0.2, -0.15) is 10.5 Å². The number of piperazine rings is 2. The molecule has 2 aliphatic rings. The number of amides is 1. The molecule has 2 saturated heterocycles. The van der Waals surface area contributed by atoms with E-state index in [0.717, 1.165) is 17.7 Å². The van der Waals surface area contributed by atoms with Gasteiger partial charge in [0.2, 0.25) is 11.9 Å². The van der Waals surface area contributed by atoms with Crippen molar-refractivity contribution in [1.29, 1.82) is 10.5 Å². The van der Waals surface area contributed by atoms with Crippen molar-refractivity contribution in [2.24, 2.45) is 0 Å². The summed E-state index contributed by atoms with van der Waals surface area (Å²) in [6, 6.07) is 9.01. The summed E-state index contributed by atoms with van der Waals surface area (Å²) in [6.45, 7) is 3.06. The zero-order valence-corrected chi connectivity index (χ0v) is 14.6. The highest BCUT2D eigenvalue weighted by Gasteiger charge is 2.39. The molecule has 27 heavy (non-hydrogen) atoms. The quantitative estimate of drug-likeness (QED) is 0.732. The normalized spacial score (nSPS) is 19.9. The van der Waals surface area contributed by atoms with Crippen LogP contribution >= 0.6 is 0 Å². The van der Waals surface area contributed by atoms with Crippen LogP contribution in [0.25, 0.3) is 11.1 Å². The number of nitrogens with zero attached hydrogens (tertiary/aromatic N) is 7. The van der Waals surface area contributed by atoms with Crippen molar-refractivity contribution in [2.75, 3.05) is 37.6 Å². The van der Waals surface area contributed by atoms with Crippen molar-refractivity contribution in [1.82, 2.24) is 19.8 Å². The van der Waals surface area contributed by atoms with Gasteiger partial charge in [0.15, 0.2) is 6.19 Å². The van der Waals surface area contributed by atoms with E-state index in [-0.39, 0.29) is 11.9 Å². The van der Waals surface area contributed by atoms with Crippen LogP contribution in [0, 0.1) is 22.8 Å². The molecule has 2 aromatic rings. The minimum atomic E-state index is -0.331. The van der Waals surface area contributed by atoms with E-state index in [4.69, 9.17) is 10.5 Å². The lowest BCUT2D eigenvalue weighted by atomic mass is 10.1. The third-order valence-corrected chi connectivity index (χ3v) is 5.00. The zero-order valence-electron chi connectivity index (χ0n) is 14.6. The summed E-state index contributed by atoms with van der Waals surface area (Å²) < 4.78 is 0. The maximum atomic E-state index is 12.9. The standard InChI is InChI=1S/C19H17N7O/c20-9-14-2-1-3-15(8-14)16-10-22-19(23-11-16)26-7-6-25-5-4-24(13-21)12-17(25)18(26)27/h1-3,8,10-11,17H,4-7,12H2/t17-/m1/s1. The van der Waals surface area contributed by atoms with Gasteiger partial charge in [-0.1, -0.05) is 12.1 Å². The highest BCUT2D eigenvalue weighted by molar-refractivity contribution is 5.96. The van der Waals surface area contributed by atoms with Crippen molar-refractivity contribution in [3.63, 3.8) is 0 Å². The van der Waals surface area contributed by atoms with Gasteiger partial charge in [0.25, 0.3) is 0 Å². The number of carbonyl (C=O) groups excluding carboxylic acids is 1. The molecule has 1 amide bonds. The Morgan fingerprint density at radius 2 is 1.81 bits per heavy atom. The number of hydrogen-bond acceptors (Lipinski definition) is 7. The molecule has 0 bridgehead atoms. The van der Waals surface area contributed by atoms with E-state index in [1.54, 1.807) is 34.3 Å². The summed E-state index contributed by atoms with van der Waals surface area (Å²) in [5, 5.41) is 18.1. The Balaban J connectivity index is 1.54. The van der Waals surface area contributed by atoms with Crippen LogP contribution in [0.3, 0.4) is 0 Å². The first kappa shape index (κ1) is 17.0. The van der Waals surface area contributed by atoms with Gasteiger partial charge in [0, 0.05) is 44.1 Å². The molecule has 0 radical (unpaired) electrons. The fraction of sp³-hybridized carbons (Fsp3) is 0.316. The lowest BCUT2D eigenvalue weighted by Gasteiger charge is -2.44. The number of rotatable bonds is 2. The molecule has 4 rings (SSSR count). The van der Waals surface area contributed by atoms with E-state index in [9.17, 15) is 4.79 Å². The summed E-state index contributed by atoms with van der Waals surface area (Å²) in [5.41, 5.74) is 2.21. The molecule has 2 aliphatic heterocycles. The topological polar surface area (TPSA) is 100 Å². The number of aromatic nitrogens is 2. The Hall–Kier alpha value is -3.49. The summed E-state index contributed by atoms with van der Waals surface area (Å²) in [7, 11) is 0. The zero-order chi connectivity index (χ0) is 18.8. The average molecular weight is 359 g/mol. The molecule has 1 aromatic heterocycles. The molecule has 1 atom stereocenters. The molecule has 0 saturated carbocycles. The first-order valence-corrected chi connectivity index (χ1v) is 8.72. The number of benzene rings is 1. The largest absolute Gasteiger partial charge is 0.307 e. The highest BCUT2D eigenvalue weighted by Crippen LogP contribution is 2.23. The van der Waals surface area contributed by atoms with Crippen molar-refractivity contribution in [3.05, 3.63) is 42.2 Å². The van der Waals surface area contributed by atoms with Gasteiger partial charge in [-0.3, -0.25) is 14.6 Å². The first-order valence-electron chi connectivity index (χ1n) is 8.72. The average Bonchev–Trinajstić information content (AvgIpc) is 2.74. The monoisotopic (exact) mass is 359 g/mol. The SMILES string of the molecule is N#Cc1cccc(-c2cnc(N3CCN4CCN(C#N)C[C@@H]4C3=O)nc2)c1. The fourth-order valence-corrected chi connectivity index (χ4v) is 3.51. The van der Waals surface area contributed by atoms with Gasteiger partial charge < -0.3 is 4.90 Å². The van der Waals surface area contributed by atoms with Gasteiger partial charge in [0.05, 0.1) is 18.2 Å². The molecule has 8 heteroatoms. The van der Waals surface area contributed by atoms with Gasteiger partial charge in [-0.05, 0) is 17.7 Å².